The maximum atomic E-state index is 4.78. The number of rotatable bonds is 9. The highest BCUT2D eigenvalue weighted by Gasteiger charge is 2.22. The number of likely N-dealkylation sites (N-methyl/N-ethyl adjacent to an activating group) is 2. The summed E-state index contributed by atoms with van der Waals surface area (Å²) in [5, 5.41) is 6.91. The molecule has 0 amide bonds. The van der Waals surface area contributed by atoms with Crippen LogP contribution >= 0.6 is 0 Å². The van der Waals surface area contributed by atoms with E-state index in [2.05, 4.69) is 55.1 Å². The average Bonchev–Trinajstić information content (AvgIpc) is 2.98. The molecular formula is C17H37N5. The van der Waals surface area contributed by atoms with Crippen molar-refractivity contribution in [2.24, 2.45) is 4.99 Å². The quantitative estimate of drug-likeness (QED) is 0.503. The fourth-order valence-corrected chi connectivity index (χ4v) is 3.28. The van der Waals surface area contributed by atoms with Crippen LogP contribution in [0.25, 0.3) is 0 Å². The summed E-state index contributed by atoms with van der Waals surface area (Å²) in [4.78, 5) is 9.79. The van der Waals surface area contributed by atoms with Crippen LogP contribution in [0.5, 0.6) is 0 Å². The molecule has 2 N–H and O–H groups in total. The van der Waals surface area contributed by atoms with Crippen molar-refractivity contribution in [2.75, 3.05) is 45.8 Å². The highest BCUT2D eigenvalue weighted by molar-refractivity contribution is 5.79. The monoisotopic (exact) mass is 311 g/mol. The minimum Gasteiger partial charge on any atom is -0.357 e. The summed E-state index contributed by atoms with van der Waals surface area (Å²) in [5.41, 5.74) is 0. The lowest BCUT2D eigenvalue weighted by molar-refractivity contribution is 0.236. The molecule has 2 unspecified atom stereocenters. The van der Waals surface area contributed by atoms with Gasteiger partial charge in [0, 0.05) is 25.2 Å². The summed E-state index contributed by atoms with van der Waals surface area (Å²) in [6, 6.07) is 1.15. The largest absolute Gasteiger partial charge is 0.357 e. The lowest BCUT2D eigenvalue weighted by Gasteiger charge is -2.26. The molecule has 0 aliphatic carbocycles. The Kier molecular flexibility index (Phi) is 9.48. The Hall–Kier alpha value is -0.810. The lowest BCUT2D eigenvalue weighted by Crippen LogP contribution is -2.45. The Morgan fingerprint density at radius 3 is 2.55 bits per heavy atom. The number of likely N-dealkylation sites (tertiary alicyclic amines) is 1. The van der Waals surface area contributed by atoms with Gasteiger partial charge in [-0.25, -0.2) is 0 Å². The standard InChI is InChI=1S/C17H37N5/c1-6-18-17(19-13-15(5)21(7-2)8-3)20-14-16-11-10-12-22(16)9-4/h15-16H,6-14H2,1-5H3,(H2,18,19,20). The smallest absolute Gasteiger partial charge is 0.191 e. The molecule has 130 valence electrons. The number of aliphatic imine (C=N–C) groups is 1. The molecule has 0 aromatic carbocycles. The van der Waals surface area contributed by atoms with Crippen molar-refractivity contribution in [3.05, 3.63) is 0 Å². The van der Waals surface area contributed by atoms with E-state index in [0.717, 1.165) is 45.2 Å². The molecule has 1 fully saturated rings. The Labute approximate surface area is 137 Å². The van der Waals surface area contributed by atoms with Gasteiger partial charge >= 0.3 is 0 Å². The molecule has 0 spiro atoms. The second kappa shape index (κ2) is 10.8. The average molecular weight is 312 g/mol. The van der Waals surface area contributed by atoms with Crippen molar-refractivity contribution in [3.8, 4) is 0 Å². The summed E-state index contributed by atoms with van der Waals surface area (Å²) in [7, 11) is 0. The van der Waals surface area contributed by atoms with Crippen LogP contribution < -0.4 is 10.6 Å². The molecule has 1 heterocycles. The van der Waals surface area contributed by atoms with Crippen LogP contribution in [0.2, 0.25) is 0 Å². The Morgan fingerprint density at radius 1 is 1.23 bits per heavy atom. The van der Waals surface area contributed by atoms with Gasteiger partial charge in [-0.05, 0) is 52.9 Å². The normalized spacial score (nSPS) is 21.4. The van der Waals surface area contributed by atoms with E-state index in [1.54, 1.807) is 0 Å². The predicted molar refractivity (Wildman–Crippen MR) is 96.6 cm³/mol. The van der Waals surface area contributed by atoms with E-state index in [-0.39, 0.29) is 0 Å². The summed E-state index contributed by atoms with van der Waals surface area (Å²) < 4.78 is 0. The van der Waals surface area contributed by atoms with Crippen LogP contribution in [0.1, 0.15) is 47.5 Å². The molecular weight excluding hydrogens is 274 g/mol. The van der Waals surface area contributed by atoms with Crippen molar-refractivity contribution in [3.63, 3.8) is 0 Å². The van der Waals surface area contributed by atoms with E-state index in [0.29, 0.717) is 12.1 Å². The van der Waals surface area contributed by atoms with Crippen molar-refractivity contribution in [1.82, 2.24) is 20.4 Å². The number of hydrogen-bond donors (Lipinski definition) is 2. The molecule has 1 saturated heterocycles. The molecule has 1 rings (SSSR count). The SMILES string of the molecule is CCNC(=NCC(C)N(CC)CC)NCC1CCCN1CC. The maximum Gasteiger partial charge on any atom is 0.191 e. The molecule has 1 aliphatic rings. The zero-order valence-corrected chi connectivity index (χ0v) is 15.4. The molecule has 22 heavy (non-hydrogen) atoms. The van der Waals surface area contributed by atoms with Crippen molar-refractivity contribution < 1.29 is 0 Å². The molecule has 0 bridgehead atoms. The summed E-state index contributed by atoms with van der Waals surface area (Å²) in [6.45, 7) is 18.4. The van der Waals surface area contributed by atoms with Crippen LogP contribution in [0, 0.1) is 0 Å². The van der Waals surface area contributed by atoms with E-state index >= 15 is 0 Å². The molecule has 0 saturated carbocycles. The topological polar surface area (TPSA) is 42.9 Å². The first-order valence-corrected chi connectivity index (χ1v) is 9.16. The Morgan fingerprint density at radius 2 is 1.95 bits per heavy atom. The highest BCUT2D eigenvalue weighted by atomic mass is 15.2. The van der Waals surface area contributed by atoms with Gasteiger partial charge in [0.1, 0.15) is 0 Å². The minimum absolute atomic E-state index is 0.490. The van der Waals surface area contributed by atoms with E-state index in [1.165, 1.54) is 19.4 Å². The third-order valence-electron chi connectivity index (χ3n) is 4.70. The van der Waals surface area contributed by atoms with Gasteiger partial charge in [-0.3, -0.25) is 14.8 Å². The third-order valence-corrected chi connectivity index (χ3v) is 4.70. The fraction of sp³-hybridized carbons (Fsp3) is 0.941. The molecule has 0 radical (unpaired) electrons. The molecule has 0 aromatic rings. The van der Waals surface area contributed by atoms with Crippen LogP contribution in [-0.4, -0.2) is 73.7 Å². The van der Waals surface area contributed by atoms with Crippen LogP contribution in [0.4, 0.5) is 0 Å². The van der Waals surface area contributed by atoms with E-state index in [9.17, 15) is 0 Å². The first kappa shape index (κ1) is 19.2. The van der Waals surface area contributed by atoms with Gasteiger partial charge in [0.05, 0.1) is 6.54 Å². The second-order valence-electron chi connectivity index (χ2n) is 6.10. The Bertz CT molecular complexity index is 314. The predicted octanol–water partition coefficient (Wildman–Crippen LogP) is 1.76. The van der Waals surface area contributed by atoms with Crippen LogP contribution in [-0.2, 0) is 0 Å². The number of guanidine groups is 1. The van der Waals surface area contributed by atoms with E-state index < -0.39 is 0 Å². The molecule has 1 aliphatic heterocycles. The van der Waals surface area contributed by atoms with Gasteiger partial charge in [-0.1, -0.05) is 20.8 Å². The van der Waals surface area contributed by atoms with Gasteiger partial charge in [0.25, 0.3) is 0 Å². The second-order valence-corrected chi connectivity index (χ2v) is 6.10. The van der Waals surface area contributed by atoms with Crippen molar-refractivity contribution >= 4 is 5.96 Å². The molecule has 2 atom stereocenters. The maximum absolute atomic E-state index is 4.78. The number of nitrogens with zero attached hydrogens (tertiary/aromatic N) is 3. The fourth-order valence-electron chi connectivity index (χ4n) is 3.28. The van der Waals surface area contributed by atoms with Gasteiger partial charge in [-0.15, -0.1) is 0 Å². The van der Waals surface area contributed by atoms with Crippen LogP contribution in [0.15, 0.2) is 4.99 Å². The van der Waals surface area contributed by atoms with Crippen molar-refractivity contribution in [2.45, 2.75) is 59.5 Å². The first-order valence-electron chi connectivity index (χ1n) is 9.16. The highest BCUT2D eigenvalue weighted by Crippen LogP contribution is 2.15. The Balaban J connectivity index is 2.48. The minimum atomic E-state index is 0.490. The van der Waals surface area contributed by atoms with Crippen LogP contribution in [0.3, 0.4) is 0 Å². The number of nitrogens with one attached hydrogen (secondary N) is 2. The zero-order valence-electron chi connectivity index (χ0n) is 15.4. The first-order chi connectivity index (χ1) is 10.7. The zero-order chi connectivity index (χ0) is 16.4. The summed E-state index contributed by atoms with van der Waals surface area (Å²) in [6.07, 6.45) is 2.63. The lowest BCUT2D eigenvalue weighted by atomic mass is 10.2. The van der Waals surface area contributed by atoms with Crippen molar-refractivity contribution in [1.29, 1.82) is 0 Å². The number of hydrogen-bond acceptors (Lipinski definition) is 3. The third kappa shape index (κ3) is 6.13. The van der Waals surface area contributed by atoms with Gasteiger partial charge in [-0.2, -0.15) is 0 Å². The van der Waals surface area contributed by atoms with Gasteiger partial charge in [0.2, 0.25) is 0 Å². The van der Waals surface area contributed by atoms with E-state index in [4.69, 9.17) is 4.99 Å². The molecule has 5 heteroatoms. The van der Waals surface area contributed by atoms with Gasteiger partial charge in [0.15, 0.2) is 5.96 Å². The molecule has 5 nitrogen and oxygen atoms in total. The summed E-state index contributed by atoms with van der Waals surface area (Å²) >= 11 is 0. The van der Waals surface area contributed by atoms with E-state index in [1.807, 2.05) is 0 Å². The van der Waals surface area contributed by atoms with Gasteiger partial charge < -0.3 is 10.6 Å². The summed E-state index contributed by atoms with van der Waals surface area (Å²) in [5.74, 6) is 0.962. The molecule has 0 aromatic heterocycles.